The lowest BCUT2D eigenvalue weighted by molar-refractivity contribution is -0.118. The number of nitrogens with one attached hydrogen (secondary N) is 1. The zero-order chi connectivity index (χ0) is 29.1. The number of aromatic nitrogens is 2. The van der Waals surface area contributed by atoms with E-state index in [-0.39, 0.29) is 34.3 Å². The second-order valence-electron chi connectivity index (χ2n) is 10.5. The summed E-state index contributed by atoms with van der Waals surface area (Å²) in [4.78, 5) is 27.8. The summed E-state index contributed by atoms with van der Waals surface area (Å²) in [5.41, 5.74) is 9.51. The van der Waals surface area contributed by atoms with Crippen molar-refractivity contribution < 1.29 is 9.59 Å². The Kier molecular flexibility index (Phi) is 8.31. The van der Waals surface area contributed by atoms with Crippen molar-refractivity contribution in [2.24, 2.45) is 17.1 Å². The number of rotatable bonds is 7. The number of nitrogens with zero attached hydrogens (tertiary/aromatic N) is 4. The van der Waals surface area contributed by atoms with Gasteiger partial charge in [-0.15, -0.1) is 10.2 Å². The molecule has 3 aromatic rings. The average molecular weight is 603 g/mol. The number of hydrogen-bond donors (Lipinski definition) is 2. The number of benzene rings is 2. The Morgan fingerprint density at radius 3 is 2.76 bits per heavy atom. The summed E-state index contributed by atoms with van der Waals surface area (Å²) < 4.78 is 0.558. The summed E-state index contributed by atoms with van der Waals surface area (Å²) in [6.07, 6.45) is 4.74. The van der Waals surface area contributed by atoms with Crippen molar-refractivity contribution in [3.05, 3.63) is 93.9 Å². The number of ketones is 1. The van der Waals surface area contributed by atoms with Gasteiger partial charge in [-0.3, -0.25) is 14.5 Å². The number of allylic oxidation sites excluding steroid dienone is 4. The molecule has 1 amide bonds. The van der Waals surface area contributed by atoms with E-state index in [0.29, 0.717) is 38.6 Å². The number of Topliss-reactive ketones (excluding diaryl/α,β-unsaturated/α-hetero) is 1. The van der Waals surface area contributed by atoms with Crippen LogP contribution < -0.4 is 16.0 Å². The van der Waals surface area contributed by atoms with E-state index < -0.39 is 5.92 Å². The lowest BCUT2D eigenvalue weighted by Crippen LogP contribution is -2.42. The van der Waals surface area contributed by atoms with Crippen LogP contribution in [-0.2, 0) is 9.59 Å². The molecule has 2 aromatic carbocycles. The Hall–Kier alpha value is -3.91. The van der Waals surface area contributed by atoms with Crippen LogP contribution >= 0.6 is 34.7 Å². The number of halogens is 1. The maximum atomic E-state index is 13.6. The maximum Gasteiger partial charge on any atom is 0.234 e. The second kappa shape index (κ2) is 11.9. The minimum atomic E-state index is -0.563. The number of thioether (sulfide) groups is 1. The monoisotopic (exact) mass is 602 g/mol. The normalized spacial score (nSPS) is 18.4. The molecule has 2 aliphatic rings. The van der Waals surface area contributed by atoms with Gasteiger partial charge in [0.05, 0.1) is 17.4 Å². The quantitative estimate of drug-likeness (QED) is 0.297. The van der Waals surface area contributed by atoms with Gasteiger partial charge in [0.2, 0.25) is 11.0 Å². The number of hydrogen-bond acceptors (Lipinski definition) is 9. The molecule has 208 valence electrons. The van der Waals surface area contributed by atoms with Gasteiger partial charge in [-0.2, -0.15) is 5.26 Å². The minimum Gasteiger partial charge on any atom is -0.384 e. The zero-order valence-electron chi connectivity index (χ0n) is 22.4. The number of nitrogens with two attached hydrogens (primary N) is 1. The predicted molar refractivity (Wildman–Crippen MR) is 164 cm³/mol. The Bertz CT molecular complexity index is 1640. The molecule has 0 spiro atoms. The summed E-state index contributed by atoms with van der Waals surface area (Å²) >= 11 is 8.49. The van der Waals surface area contributed by atoms with Gasteiger partial charge in [0.25, 0.3) is 0 Å². The van der Waals surface area contributed by atoms with Crippen LogP contribution in [0, 0.1) is 22.7 Å². The molecular formula is C30H27ClN6O2S2. The van der Waals surface area contributed by atoms with Crippen LogP contribution in [0.4, 0.5) is 10.8 Å². The van der Waals surface area contributed by atoms with Gasteiger partial charge in [-0.05, 0) is 35.6 Å². The number of amides is 1. The molecule has 1 aromatic heterocycles. The van der Waals surface area contributed by atoms with E-state index in [1.165, 1.54) is 23.1 Å². The van der Waals surface area contributed by atoms with Crippen LogP contribution in [0.1, 0.15) is 32.3 Å². The first kappa shape index (κ1) is 28.6. The number of nitriles is 1. The summed E-state index contributed by atoms with van der Waals surface area (Å²) in [6, 6.07) is 18.9. The summed E-state index contributed by atoms with van der Waals surface area (Å²) in [6.45, 7) is 4.09. The average Bonchev–Trinajstić information content (AvgIpc) is 3.39. The molecule has 0 fully saturated rings. The maximum absolute atomic E-state index is 13.6. The zero-order valence-corrected chi connectivity index (χ0v) is 24.8. The summed E-state index contributed by atoms with van der Waals surface area (Å²) in [5.74, 6) is -0.448. The highest BCUT2D eigenvalue weighted by Crippen LogP contribution is 2.48. The second-order valence-corrected chi connectivity index (χ2v) is 13.1. The number of anilines is 2. The van der Waals surface area contributed by atoms with E-state index in [0.717, 1.165) is 11.3 Å². The molecule has 3 N–H and O–H groups in total. The Morgan fingerprint density at radius 2 is 2.02 bits per heavy atom. The van der Waals surface area contributed by atoms with Gasteiger partial charge in [0.15, 0.2) is 10.1 Å². The van der Waals surface area contributed by atoms with Gasteiger partial charge in [-0.1, -0.05) is 97.1 Å². The first-order valence-corrected chi connectivity index (χ1v) is 15.0. The molecule has 1 atom stereocenters. The van der Waals surface area contributed by atoms with E-state index in [1.807, 2.05) is 56.3 Å². The molecule has 0 saturated carbocycles. The topological polar surface area (TPSA) is 125 Å². The van der Waals surface area contributed by atoms with E-state index in [2.05, 4.69) is 21.6 Å². The van der Waals surface area contributed by atoms with Crippen LogP contribution in [0.2, 0.25) is 5.02 Å². The molecule has 0 saturated heterocycles. The third-order valence-corrected chi connectivity index (χ3v) is 9.01. The third kappa shape index (κ3) is 6.38. The first-order valence-electron chi connectivity index (χ1n) is 12.9. The molecule has 11 heteroatoms. The van der Waals surface area contributed by atoms with Crippen molar-refractivity contribution in [3.63, 3.8) is 0 Å². The van der Waals surface area contributed by atoms with Gasteiger partial charge in [0.1, 0.15) is 5.82 Å². The van der Waals surface area contributed by atoms with Crippen molar-refractivity contribution in [3.8, 4) is 6.07 Å². The molecule has 1 aliphatic heterocycles. The predicted octanol–water partition coefficient (Wildman–Crippen LogP) is 6.41. The summed E-state index contributed by atoms with van der Waals surface area (Å²) in [5, 5.41) is 22.6. The molecular weight excluding hydrogens is 576 g/mol. The SMILES string of the molecule is CC1(C)CC(=O)C2=C(C1)N(c1nnc(SCC(=O)Nc3cccc(Cl)c3)s1)C(N)=C(C#N)C2/C=C/c1ccccc1. The lowest BCUT2D eigenvalue weighted by Gasteiger charge is -2.41. The standard InChI is InChI=1S/C30H27ClN6O2S2/c1-30(2)14-23-26(24(38)15-30)21(12-11-18-7-4-3-5-8-18)22(16-32)27(33)37(23)28-35-36-29(41-28)40-17-25(39)34-20-10-6-9-19(31)13-20/h3-13,21H,14-15,17,33H2,1-2H3,(H,34,39)/b12-11+. The highest BCUT2D eigenvalue weighted by Gasteiger charge is 2.44. The largest absolute Gasteiger partial charge is 0.384 e. The molecule has 5 rings (SSSR count). The Labute approximate surface area is 251 Å². The van der Waals surface area contributed by atoms with Crippen molar-refractivity contribution >= 4 is 63.3 Å². The van der Waals surface area contributed by atoms with Gasteiger partial charge in [0, 0.05) is 34.3 Å². The van der Waals surface area contributed by atoms with Gasteiger partial charge in [-0.25, -0.2) is 0 Å². The molecule has 2 heterocycles. The highest BCUT2D eigenvalue weighted by molar-refractivity contribution is 8.01. The van der Waals surface area contributed by atoms with Crippen LogP contribution in [0.15, 0.2) is 87.7 Å². The third-order valence-electron chi connectivity index (χ3n) is 6.73. The minimum absolute atomic E-state index is 0.0130. The summed E-state index contributed by atoms with van der Waals surface area (Å²) in [7, 11) is 0. The fourth-order valence-electron chi connectivity index (χ4n) is 4.97. The van der Waals surface area contributed by atoms with Crippen molar-refractivity contribution in [2.75, 3.05) is 16.0 Å². The van der Waals surface area contributed by atoms with Gasteiger partial charge < -0.3 is 11.1 Å². The fraction of sp³-hybridized carbons (Fsp3) is 0.233. The number of carbonyl (C=O) groups excluding carboxylic acids is 2. The van der Waals surface area contributed by atoms with Crippen LogP contribution in [-0.4, -0.2) is 27.6 Å². The molecule has 1 unspecified atom stereocenters. The Morgan fingerprint density at radius 1 is 1.24 bits per heavy atom. The van der Waals surface area contributed by atoms with Crippen molar-refractivity contribution in [1.29, 1.82) is 5.26 Å². The van der Waals surface area contributed by atoms with E-state index in [9.17, 15) is 14.9 Å². The molecule has 8 nitrogen and oxygen atoms in total. The highest BCUT2D eigenvalue weighted by atomic mass is 35.5. The van der Waals surface area contributed by atoms with Gasteiger partial charge >= 0.3 is 0 Å². The smallest absolute Gasteiger partial charge is 0.234 e. The van der Waals surface area contributed by atoms with Crippen LogP contribution in [0.5, 0.6) is 0 Å². The molecule has 0 radical (unpaired) electrons. The fourth-order valence-corrected chi connectivity index (χ4v) is 6.85. The van der Waals surface area contributed by atoms with E-state index in [4.69, 9.17) is 17.3 Å². The molecule has 1 aliphatic carbocycles. The van der Waals surface area contributed by atoms with Crippen molar-refractivity contribution in [2.45, 2.75) is 31.0 Å². The van der Waals surface area contributed by atoms with Crippen LogP contribution in [0.25, 0.3) is 6.08 Å². The van der Waals surface area contributed by atoms with E-state index >= 15 is 0 Å². The first-order chi connectivity index (χ1) is 19.6. The van der Waals surface area contributed by atoms with Crippen molar-refractivity contribution in [1.82, 2.24) is 10.2 Å². The number of carbonyl (C=O) groups is 2. The lowest BCUT2D eigenvalue weighted by atomic mass is 9.70. The van der Waals surface area contributed by atoms with Crippen LogP contribution in [0.3, 0.4) is 0 Å². The Balaban J connectivity index is 1.43. The van der Waals surface area contributed by atoms with E-state index in [1.54, 1.807) is 29.2 Å². The molecule has 0 bridgehead atoms. The molecule has 41 heavy (non-hydrogen) atoms.